The number of anilines is 1. The highest BCUT2D eigenvalue weighted by molar-refractivity contribution is 7.13. The predicted octanol–water partition coefficient (Wildman–Crippen LogP) is 1.97. The number of hydrogen-bond acceptors (Lipinski definition) is 5. The van der Waals surface area contributed by atoms with Crippen LogP contribution in [0.4, 0.5) is 5.13 Å². The zero-order valence-corrected chi connectivity index (χ0v) is 14.5. The Morgan fingerprint density at radius 3 is 2.65 bits per heavy atom. The smallest absolute Gasteiger partial charge is 0.270 e. The fourth-order valence-corrected chi connectivity index (χ4v) is 2.77. The molecule has 2 aromatic heterocycles. The van der Waals surface area contributed by atoms with Crippen LogP contribution in [0.5, 0.6) is 0 Å². The number of nitrogens with zero attached hydrogens (tertiary/aromatic N) is 3. The lowest BCUT2D eigenvalue weighted by Crippen LogP contribution is -2.45. The highest BCUT2D eigenvalue weighted by Crippen LogP contribution is 2.13. The van der Waals surface area contributed by atoms with Crippen molar-refractivity contribution in [1.82, 2.24) is 20.1 Å². The maximum absolute atomic E-state index is 12.4. The van der Waals surface area contributed by atoms with Gasteiger partial charge in [-0.1, -0.05) is 13.8 Å². The zero-order valence-electron chi connectivity index (χ0n) is 13.7. The monoisotopic (exact) mass is 335 g/mol. The summed E-state index contributed by atoms with van der Waals surface area (Å²) in [6.45, 7) is 5.83. The average molecular weight is 335 g/mol. The van der Waals surface area contributed by atoms with Gasteiger partial charge in [-0.2, -0.15) is 5.10 Å². The fraction of sp³-hybridized carbons (Fsp3) is 0.467. The van der Waals surface area contributed by atoms with Crippen molar-refractivity contribution in [2.75, 3.05) is 5.32 Å². The van der Waals surface area contributed by atoms with Crippen molar-refractivity contribution in [2.45, 2.75) is 33.2 Å². The van der Waals surface area contributed by atoms with Crippen LogP contribution in [0, 0.1) is 12.8 Å². The van der Waals surface area contributed by atoms with Gasteiger partial charge in [0.05, 0.1) is 5.69 Å². The number of carbonyl (C=O) groups is 2. The van der Waals surface area contributed by atoms with Gasteiger partial charge < -0.3 is 10.6 Å². The van der Waals surface area contributed by atoms with E-state index in [1.165, 1.54) is 16.0 Å². The number of nitrogens with one attached hydrogen (secondary N) is 2. The Balaban J connectivity index is 2.10. The number of rotatable bonds is 6. The van der Waals surface area contributed by atoms with E-state index in [4.69, 9.17) is 0 Å². The largest absolute Gasteiger partial charge is 0.339 e. The Labute approximate surface area is 139 Å². The maximum Gasteiger partial charge on any atom is 0.270 e. The van der Waals surface area contributed by atoms with Gasteiger partial charge in [0.2, 0.25) is 5.91 Å². The van der Waals surface area contributed by atoms with Crippen molar-refractivity contribution in [3.05, 3.63) is 29.0 Å². The molecule has 0 saturated carbocycles. The van der Waals surface area contributed by atoms with Crippen LogP contribution < -0.4 is 10.6 Å². The second-order valence-electron chi connectivity index (χ2n) is 5.78. The predicted molar refractivity (Wildman–Crippen MR) is 89.4 cm³/mol. The normalized spacial score (nSPS) is 12.2. The Kier molecular flexibility index (Phi) is 5.49. The minimum absolute atomic E-state index is 0.260. The van der Waals surface area contributed by atoms with E-state index in [1.54, 1.807) is 24.7 Å². The molecule has 8 heteroatoms. The van der Waals surface area contributed by atoms with E-state index in [-0.39, 0.29) is 17.7 Å². The molecule has 0 aromatic carbocycles. The summed E-state index contributed by atoms with van der Waals surface area (Å²) in [6, 6.07) is 1.07. The van der Waals surface area contributed by atoms with E-state index in [9.17, 15) is 9.59 Å². The Hall–Kier alpha value is -2.22. The molecule has 0 fully saturated rings. The summed E-state index contributed by atoms with van der Waals surface area (Å²) in [5.74, 6) is -0.315. The minimum Gasteiger partial charge on any atom is -0.339 e. The summed E-state index contributed by atoms with van der Waals surface area (Å²) in [4.78, 5) is 28.9. The third-order valence-electron chi connectivity index (χ3n) is 3.23. The lowest BCUT2D eigenvalue weighted by Gasteiger charge is -2.19. The summed E-state index contributed by atoms with van der Waals surface area (Å²) >= 11 is 1.34. The van der Waals surface area contributed by atoms with Crippen molar-refractivity contribution >= 4 is 28.3 Å². The average Bonchev–Trinajstić information content (AvgIpc) is 3.07. The van der Waals surface area contributed by atoms with Gasteiger partial charge >= 0.3 is 0 Å². The van der Waals surface area contributed by atoms with Crippen molar-refractivity contribution < 1.29 is 9.59 Å². The summed E-state index contributed by atoms with van der Waals surface area (Å²) in [5.41, 5.74) is 1.18. The van der Waals surface area contributed by atoms with Crippen LogP contribution in [0.15, 0.2) is 17.6 Å². The molecule has 0 spiro atoms. The van der Waals surface area contributed by atoms with Crippen molar-refractivity contribution in [1.29, 1.82) is 0 Å². The summed E-state index contributed by atoms with van der Waals surface area (Å²) in [5, 5.41) is 12.0. The van der Waals surface area contributed by atoms with E-state index in [1.807, 2.05) is 20.8 Å². The second kappa shape index (κ2) is 7.36. The van der Waals surface area contributed by atoms with E-state index in [2.05, 4.69) is 20.7 Å². The van der Waals surface area contributed by atoms with Crippen molar-refractivity contribution in [2.24, 2.45) is 13.0 Å². The van der Waals surface area contributed by atoms with E-state index in [0.717, 1.165) is 5.69 Å². The molecule has 0 aliphatic rings. The first-order valence-corrected chi connectivity index (χ1v) is 8.26. The van der Waals surface area contributed by atoms with Gasteiger partial charge in [-0.3, -0.25) is 14.3 Å². The molecule has 0 unspecified atom stereocenters. The third-order valence-corrected chi connectivity index (χ3v) is 3.91. The van der Waals surface area contributed by atoms with Crippen LogP contribution in [0.25, 0.3) is 0 Å². The summed E-state index contributed by atoms with van der Waals surface area (Å²) < 4.78 is 1.51. The van der Waals surface area contributed by atoms with Crippen molar-refractivity contribution in [3.8, 4) is 0 Å². The van der Waals surface area contributed by atoms with Gasteiger partial charge in [0.15, 0.2) is 5.13 Å². The molecule has 0 radical (unpaired) electrons. The Bertz CT molecular complexity index is 678. The molecule has 2 heterocycles. The number of carbonyl (C=O) groups excluding carboxylic acids is 2. The topological polar surface area (TPSA) is 88.9 Å². The molecule has 2 N–H and O–H groups in total. The summed E-state index contributed by atoms with van der Waals surface area (Å²) in [7, 11) is 1.70. The lowest BCUT2D eigenvalue weighted by atomic mass is 10.0. The van der Waals surface area contributed by atoms with E-state index < -0.39 is 6.04 Å². The lowest BCUT2D eigenvalue weighted by molar-refractivity contribution is -0.118. The van der Waals surface area contributed by atoms with Crippen LogP contribution in [0.2, 0.25) is 0 Å². The van der Waals surface area contributed by atoms with Gasteiger partial charge in [-0.05, 0) is 25.3 Å². The molecule has 0 aliphatic carbocycles. The standard InChI is InChI=1S/C15H21N5O2S/c1-9(2)7-11(13(21)18-15-16-5-6-23-15)17-14(22)12-8-10(3)19-20(12)4/h5-6,8-9,11H,7H2,1-4H3,(H,17,22)(H,16,18,21)/t11-/m1/s1. The van der Waals surface area contributed by atoms with Crippen LogP contribution >= 0.6 is 11.3 Å². The minimum atomic E-state index is -0.624. The number of aromatic nitrogens is 3. The molecule has 124 valence electrons. The van der Waals surface area contributed by atoms with Gasteiger partial charge in [-0.25, -0.2) is 4.98 Å². The first kappa shape index (κ1) is 17.1. The molecule has 2 rings (SSSR count). The summed E-state index contributed by atoms with van der Waals surface area (Å²) in [6.07, 6.45) is 2.16. The SMILES string of the molecule is Cc1cc(C(=O)N[C@H](CC(C)C)C(=O)Nc2nccs2)n(C)n1. The number of amides is 2. The molecule has 1 atom stereocenters. The Morgan fingerprint density at radius 2 is 2.13 bits per heavy atom. The molecule has 2 amide bonds. The van der Waals surface area contributed by atoms with Crippen molar-refractivity contribution in [3.63, 3.8) is 0 Å². The fourth-order valence-electron chi connectivity index (χ4n) is 2.24. The molecule has 23 heavy (non-hydrogen) atoms. The number of aryl methyl sites for hydroxylation is 2. The molecular formula is C15H21N5O2S. The first-order chi connectivity index (χ1) is 10.9. The molecule has 0 aliphatic heterocycles. The van der Waals surface area contributed by atoms with Gasteiger partial charge in [-0.15, -0.1) is 11.3 Å². The molecule has 7 nitrogen and oxygen atoms in total. The molecule has 0 bridgehead atoms. The zero-order chi connectivity index (χ0) is 17.0. The maximum atomic E-state index is 12.4. The second-order valence-corrected chi connectivity index (χ2v) is 6.67. The van der Waals surface area contributed by atoms with Gasteiger partial charge in [0, 0.05) is 18.6 Å². The van der Waals surface area contributed by atoms with Gasteiger partial charge in [0.25, 0.3) is 5.91 Å². The van der Waals surface area contributed by atoms with Crippen LogP contribution in [0.1, 0.15) is 36.5 Å². The van der Waals surface area contributed by atoms with Crippen LogP contribution in [-0.2, 0) is 11.8 Å². The third kappa shape index (κ3) is 4.62. The highest BCUT2D eigenvalue weighted by atomic mass is 32.1. The van der Waals surface area contributed by atoms with E-state index in [0.29, 0.717) is 17.2 Å². The highest BCUT2D eigenvalue weighted by Gasteiger charge is 2.24. The quantitative estimate of drug-likeness (QED) is 0.844. The molecular weight excluding hydrogens is 314 g/mol. The van der Waals surface area contributed by atoms with Gasteiger partial charge in [0.1, 0.15) is 11.7 Å². The van der Waals surface area contributed by atoms with Crippen LogP contribution in [0.3, 0.4) is 0 Å². The number of hydrogen-bond donors (Lipinski definition) is 2. The molecule has 2 aromatic rings. The first-order valence-electron chi connectivity index (χ1n) is 7.38. The number of thiazole rings is 1. The molecule has 0 saturated heterocycles. The Morgan fingerprint density at radius 1 is 1.39 bits per heavy atom. The van der Waals surface area contributed by atoms with Crippen LogP contribution in [-0.4, -0.2) is 32.6 Å². The van der Waals surface area contributed by atoms with E-state index >= 15 is 0 Å².